The molecule has 0 saturated heterocycles. The first-order chi connectivity index (χ1) is 11.8. The number of nitrogens with zero attached hydrogens (tertiary/aromatic N) is 2. The average molecular weight is 358 g/mol. The van der Waals surface area contributed by atoms with Gasteiger partial charge in [0, 0.05) is 18.6 Å². The first-order valence-corrected chi connectivity index (χ1v) is 8.68. The molecule has 0 aromatic carbocycles. The molecule has 2 nitrogen and oxygen atoms in total. The summed E-state index contributed by atoms with van der Waals surface area (Å²) in [6.45, 7) is 17.7. The zero-order valence-corrected chi connectivity index (χ0v) is 17.0. The van der Waals surface area contributed by atoms with Gasteiger partial charge in [-0.05, 0) is 55.7 Å². The molecule has 0 spiro atoms. The quantitative estimate of drug-likeness (QED) is 0.498. The van der Waals surface area contributed by atoms with Gasteiger partial charge in [-0.25, -0.2) is 0 Å². The van der Waals surface area contributed by atoms with Crippen molar-refractivity contribution in [3.8, 4) is 0 Å². The molecule has 5 heteroatoms. The molecule has 2 heterocycles. The van der Waals surface area contributed by atoms with Crippen molar-refractivity contribution in [2.45, 2.75) is 68.5 Å². The largest absolute Gasteiger partial charge is 0.433 e. The Kier molecular flexibility index (Phi) is 18.9. The minimum Gasteiger partial charge on any atom is -0.264 e. The van der Waals surface area contributed by atoms with Crippen LogP contribution in [0, 0.1) is 20.8 Å². The van der Waals surface area contributed by atoms with Gasteiger partial charge in [-0.3, -0.25) is 9.97 Å². The number of alkyl halides is 3. The van der Waals surface area contributed by atoms with Crippen molar-refractivity contribution in [2.75, 3.05) is 0 Å². The van der Waals surface area contributed by atoms with Gasteiger partial charge in [0.15, 0.2) is 0 Å². The van der Waals surface area contributed by atoms with Gasteiger partial charge < -0.3 is 0 Å². The topological polar surface area (TPSA) is 25.8 Å². The molecule has 2 aromatic heterocycles. The molecular weight excluding hydrogens is 325 g/mol. The predicted molar refractivity (Wildman–Crippen MR) is 102 cm³/mol. The van der Waals surface area contributed by atoms with Crippen LogP contribution in [-0.4, -0.2) is 9.97 Å². The van der Waals surface area contributed by atoms with Gasteiger partial charge in [0.2, 0.25) is 0 Å². The molecule has 0 amide bonds. The Balaban J connectivity index is -0.000000305. The molecule has 0 unspecified atom stereocenters. The number of aromatic nitrogens is 2. The summed E-state index contributed by atoms with van der Waals surface area (Å²) in [7, 11) is 0. The van der Waals surface area contributed by atoms with E-state index in [1.54, 1.807) is 6.92 Å². The third-order valence-electron chi connectivity index (χ3n) is 2.51. The van der Waals surface area contributed by atoms with Crippen LogP contribution in [0.4, 0.5) is 13.2 Å². The van der Waals surface area contributed by atoms with E-state index in [0.29, 0.717) is 5.56 Å². The van der Waals surface area contributed by atoms with Gasteiger partial charge >= 0.3 is 6.18 Å². The first kappa shape index (κ1) is 27.9. The molecule has 0 fully saturated rings. The summed E-state index contributed by atoms with van der Waals surface area (Å²) in [6.07, 6.45) is 0.502. The van der Waals surface area contributed by atoms with E-state index in [2.05, 4.69) is 23.8 Å². The Hall–Kier alpha value is -1.91. The molecule has 0 aliphatic heterocycles. The van der Waals surface area contributed by atoms with Gasteiger partial charge in [-0.2, -0.15) is 13.2 Å². The van der Waals surface area contributed by atoms with E-state index in [1.807, 2.05) is 60.0 Å². The third kappa shape index (κ3) is 14.2. The van der Waals surface area contributed by atoms with E-state index in [9.17, 15) is 13.2 Å². The van der Waals surface area contributed by atoms with Crippen molar-refractivity contribution in [2.24, 2.45) is 0 Å². The van der Waals surface area contributed by atoms with Crippen molar-refractivity contribution >= 4 is 0 Å². The van der Waals surface area contributed by atoms with Crippen LogP contribution in [0.5, 0.6) is 0 Å². The van der Waals surface area contributed by atoms with Crippen LogP contribution in [0.3, 0.4) is 0 Å². The fraction of sp³-hybridized carbons (Fsp3) is 0.500. The molecule has 144 valence electrons. The van der Waals surface area contributed by atoms with Gasteiger partial charge in [0.25, 0.3) is 0 Å². The number of rotatable bonds is 0. The Morgan fingerprint density at radius 2 is 1.28 bits per heavy atom. The Labute approximate surface area is 151 Å². The van der Waals surface area contributed by atoms with Gasteiger partial charge in [-0.1, -0.05) is 41.5 Å². The van der Waals surface area contributed by atoms with E-state index in [0.717, 1.165) is 12.3 Å². The second-order valence-electron chi connectivity index (χ2n) is 4.18. The monoisotopic (exact) mass is 358 g/mol. The highest BCUT2D eigenvalue weighted by molar-refractivity contribution is 5.18. The molecule has 0 N–H and O–H groups in total. The minimum absolute atomic E-state index is 0.562. The smallest absolute Gasteiger partial charge is 0.264 e. The second kappa shape index (κ2) is 16.9. The van der Waals surface area contributed by atoms with Crippen molar-refractivity contribution < 1.29 is 13.2 Å². The highest BCUT2D eigenvalue weighted by Gasteiger charge is 2.31. The lowest BCUT2D eigenvalue weighted by molar-refractivity contribution is -0.141. The van der Waals surface area contributed by atoms with Gasteiger partial charge in [0.1, 0.15) is 5.69 Å². The van der Waals surface area contributed by atoms with Crippen LogP contribution in [0.2, 0.25) is 0 Å². The van der Waals surface area contributed by atoms with Crippen molar-refractivity contribution in [3.63, 3.8) is 0 Å². The van der Waals surface area contributed by atoms with Crippen LogP contribution in [0.1, 0.15) is 63.9 Å². The maximum Gasteiger partial charge on any atom is 0.433 e. The highest BCUT2D eigenvalue weighted by atomic mass is 19.4. The predicted octanol–water partition coefficient (Wildman–Crippen LogP) is 7.19. The highest BCUT2D eigenvalue weighted by Crippen LogP contribution is 2.27. The molecular formula is C20H33F3N2. The lowest BCUT2D eigenvalue weighted by atomic mass is 10.2. The maximum absolute atomic E-state index is 11.9. The van der Waals surface area contributed by atoms with Gasteiger partial charge in [-0.15, -0.1) is 0 Å². The van der Waals surface area contributed by atoms with Gasteiger partial charge in [0.05, 0.1) is 0 Å². The van der Waals surface area contributed by atoms with Crippen LogP contribution in [0.25, 0.3) is 0 Å². The van der Waals surface area contributed by atoms with Crippen molar-refractivity contribution in [1.82, 2.24) is 9.97 Å². The van der Waals surface area contributed by atoms with Crippen LogP contribution < -0.4 is 0 Å². The number of hydrogen-bond donors (Lipinski definition) is 0. The summed E-state index contributed by atoms with van der Waals surface area (Å²) >= 11 is 0. The van der Waals surface area contributed by atoms with Crippen LogP contribution >= 0.6 is 0 Å². The minimum atomic E-state index is -4.33. The molecule has 0 atom stereocenters. The summed E-state index contributed by atoms with van der Waals surface area (Å²) in [5, 5.41) is 0. The molecule has 2 rings (SSSR count). The zero-order valence-electron chi connectivity index (χ0n) is 17.0. The van der Waals surface area contributed by atoms with E-state index >= 15 is 0 Å². The number of aryl methyl sites for hydroxylation is 3. The van der Waals surface area contributed by atoms with E-state index in [4.69, 9.17) is 0 Å². The molecule has 0 bridgehead atoms. The summed E-state index contributed by atoms with van der Waals surface area (Å²) in [5.41, 5.74) is 2.29. The average Bonchev–Trinajstić information content (AvgIpc) is 2.63. The van der Waals surface area contributed by atoms with E-state index in [-0.39, 0.29) is 0 Å². The third-order valence-corrected chi connectivity index (χ3v) is 2.51. The molecule has 0 radical (unpaired) electrons. The Morgan fingerprint density at radius 3 is 1.56 bits per heavy atom. The normalized spacial score (nSPS) is 8.80. The first-order valence-electron chi connectivity index (χ1n) is 8.68. The van der Waals surface area contributed by atoms with E-state index < -0.39 is 11.9 Å². The SMILES string of the molecule is CC.CC.CC.Cc1ccnc(C(F)(F)F)c1.Cc1ccncc1C. The number of halogens is 3. The molecule has 25 heavy (non-hydrogen) atoms. The number of pyridine rings is 2. The lowest BCUT2D eigenvalue weighted by Gasteiger charge is -2.04. The summed E-state index contributed by atoms with van der Waals surface area (Å²) in [5.74, 6) is 0. The molecule has 2 aromatic rings. The lowest BCUT2D eigenvalue weighted by Crippen LogP contribution is -2.07. The van der Waals surface area contributed by atoms with Crippen LogP contribution in [-0.2, 0) is 6.18 Å². The second-order valence-corrected chi connectivity index (χ2v) is 4.18. The van der Waals surface area contributed by atoms with Crippen molar-refractivity contribution in [1.29, 1.82) is 0 Å². The summed E-state index contributed by atoms with van der Waals surface area (Å²) in [6, 6.07) is 4.55. The van der Waals surface area contributed by atoms with E-state index in [1.165, 1.54) is 17.2 Å². The Bertz CT molecular complexity index is 517. The molecule has 0 saturated carbocycles. The van der Waals surface area contributed by atoms with Crippen LogP contribution in [0.15, 0.2) is 36.8 Å². The zero-order chi connectivity index (χ0) is 20.5. The summed E-state index contributed by atoms with van der Waals surface area (Å²) in [4.78, 5) is 7.13. The Morgan fingerprint density at radius 1 is 0.760 bits per heavy atom. The molecule has 0 aliphatic carbocycles. The fourth-order valence-corrected chi connectivity index (χ4v) is 1.23. The molecule has 0 aliphatic rings. The maximum atomic E-state index is 11.9. The standard InChI is InChI=1S/C7H6F3N.C7H9N.3C2H6/c1-5-2-3-11-6(4-5)7(8,9)10;1-6-3-4-8-5-7(6)2;3*1-2/h2-4H,1H3;3-5H,1-2H3;3*1-2H3. The van der Waals surface area contributed by atoms with Crippen molar-refractivity contribution in [3.05, 3.63) is 59.2 Å². The number of hydrogen-bond acceptors (Lipinski definition) is 2. The summed E-state index contributed by atoms with van der Waals surface area (Å²) < 4.78 is 35.7. The fourth-order valence-electron chi connectivity index (χ4n) is 1.23.